The largest absolute Gasteiger partial charge is 0.371 e. The summed E-state index contributed by atoms with van der Waals surface area (Å²) >= 11 is 6.11. The second kappa shape index (κ2) is 5.10. The van der Waals surface area contributed by atoms with E-state index in [2.05, 4.69) is 31.7 Å². The van der Waals surface area contributed by atoms with Gasteiger partial charge in [0.1, 0.15) is 0 Å². The summed E-state index contributed by atoms with van der Waals surface area (Å²) in [6, 6.07) is 6.02. The molecule has 1 aromatic carbocycles. The molecule has 1 fully saturated rings. The molecule has 3 heteroatoms. The van der Waals surface area contributed by atoms with Crippen molar-refractivity contribution >= 4 is 17.3 Å². The molecule has 1 aromatic rings. The van der Waals surface area contributed by atoms with Crippen molar-refractivity contribution in [3.63, 3.8) is 0 Å². The number of nitrogens with two attached hydrogens (primary N) is 1. The Hall–Kier alpha value is -0.730. The van der Waals surface area contributed by atoms with Crippen LogP contribution in [0.5, 0.6) is 0 Å². The van der Waals surface area contributed by atoms with Gasteiger partial charge in [0.05, 0.1) is 0 Å². The maximum absolute atomic E-state index is 6.11. The van der Waals surface area contributed by atoms with E-state index in [9.17, 15) is 0 Å². The van der Waals surface area contributed by atoms with E-state index in [1.54, 1.807) is 0 Å². The predicted molar refractivity (Wildman–Crippen MR) is 79.1 cm³/mol. The van der Waals surface area contributed by atoms with Gasteiger partial charge in [-0.05, 0) is 35.4 Å². The van der Waals surface area contributed by atoms with Crippen LogP contribution in [0, 0.1) is 11.3 Å². The van der Waals surface area contributed by atoms with Gasteiger partial charge in [0, 0.05) is 30.3 Å². The van der Waals surface area contributed by atoms with E-state index < -0.39 is 0 Å². The van der Waals surface area contributed by atoms with Gasteiger partial charge in [-0.15, -0.1) is 0 Å². The molecule has 2 N–H and O–H groups in total. The predicted octanol–water partition coefficient (Wildman–Crippen LogP) is 3.67. The third-order valence-corrected chi connectivity index (χ3v) is 4.26. The Morgan fingerprint density at radius 3 is 2.67 bits per heavy atom. The lowest BCUT2D eigenvalue weighted by molar-refractivity contribution is 0.263. The van der Waals surface area contributed by atoms with Crippen molar-refractivity contribution in [1.82, 2.24) is 0 Å². The van der Waals surface area contributed by atoms with Crippen LogP contribution in [0.15, 0.2) is 18.2 Å². The van der Waals surface area contributed by atoms with Gasteiger partial charge < -0.3 is 10.6 Å². The highest BCUT2D eigenvalue weighted by Gasteiger charge is 2.32. The minimum Gasteiger partial charge on any atom is -0.371 e. The Balaban J connectivity index is 2.21. The van der Waals surface area contributed by atoms with Gasteiger partial charge in [-0.1, -0.05) is 38.4 Å². The van der Waals surface area contributed by atoms with Crippen molar-refractivity contribution in [3.8, 4) is 0 Å². The first-order chi connectivity index (χ1) is 8.41. The number of nitrogens with zero attached hydrogens (tertiary/aromatic N) is 1. The monoisotopic (exact) mass is 266 g/mol. The molecular weight excluding hydrogens is 244 g/mol. The summed E-state index contributed by atoms with van der Waals surface area (Å²) in [6.07, 6.45) is 1.25. The molecule has 1 saturated heterocycles. The number of hydrogen-bond acceptors (Lipinski definition) is 2. The van der Waals surface area contributed by atoms with Gasteiger partial charge in [0.2, 0.25) is 0 Å². The molecule has 0 aliphatic carbocycles. The molecule has 2 nitrogen and oxygen atoms in total. The Morgan fingerprint density at radius 1 is 1.39 bits per heavy atom. The van der Waals surface area contributed by atoms with Crippen LogP contribution in [0.25, 0.3) is 0 Å². The zero-order chi connectivity index (χ0) is 13.3. The molecule has 1 atom stereocenters. The highest BCUT2D eigenvalue weighted by molar-refractivity contribution is 6.30. The molecule has 1 aliphatic rings. The van der Waals surface area contributed by atoms with Gasteiger partial charge >= 0.3 is 0 Å². The van der Waals surface area contributed by atoms with E-state index in [1.807, 2.05) is 12.1 Å². The van der Waals surface area contributed by atoms with Crippen LogP contribution in [-0.4, -0.2) is 13.1 Å². The highest BCUT2D eigenvalue weighted by Crippen LogP contribution is 2.37. The molecule has 1 aliphatic heterocycles. The van der Waals surface area contributed by atoms with Crippen LogP contribution in [0.3, 0.4) is 0 Å². The van der Waals surface area contributed by atoms with E-state index >= 15 is 0 Å². The fraction of sp³-hybridized carbons (Fsp3) is 0.600. The van der Waals surface area contributed by atoms with Crippen molar-refractivity contribution in [2.45, 2.75) is 33.7 Å². The van der Waals surface area contributed by atoms with Crippen LogP contribution >= 0.6 is 11.6 Å². The smallest absolute Gasteiger partial charge is 0.0426 e. The Labute approximate surface area is 115 Å². The first-order valence-electron chi connectivity index (χ1n) is 6.65. The topological polar surface area (TPSA) is 29.3 Å². The molecule has 0 amide bonds. The van der Waals surface area contributed by atoms with Crippen molar-refractivity contribution in [3.05, 3.63) is 28.8 Å². The number of rotatable bonds is 2. The highest BCUT2D eigenvalue weighted by atomic mass is 35.5. The molecule has 1 unspecified atom stereocenters. The maximum atomic E-state index is 6.11. The minimum absolute atomic E-state index is 0.371. The van der Waals surface area contributed by atoms with Crippen LogP contribution in [0.4, 0.5) is 5.69 Å². The third-order valence-electron chi connectivity index (χ3n) is 4.02. The van der Waals surface area contributed by atoms with Crippen molar-refractivity contribution < 1.29 is 0 Å². The van der Waals surface area contributed by atoms with Gasteiger partial charge in [-0.25, -0.2) is 0 Å². The van der Waals surface area contributed by atoms with Crippen LogP contribution < -0.4 is 10.6 Å². The lowest BCUT2D eigenvalue weighted by atomic mass is 9.80. The normalized spacial score (nSPS) is 20.5. The van der Waals surface area contributed by atoms with Crippen LogP contribution in [-0.2, 0) is 6.54 Å². The first kappa shape index (κ1) is 13.7. The molecule has 100 valence electrons. The summed E-state index contributed by atoms with van der Waals surface area (Å²) in [6.45, 7) is 9.75. The van der Waals surface area contributed by atoms with E-state index in [0.717, 1.165) is 24.0 Å². The summed E-state index contributed by atoms with van der Waals surface area (Å²) in [5.74, 6) is 0.738. The SMILES string of the molecule is CC(C)(C)C1CCN(c2cc(Cl)ccc2CN)C1. The minimum atomic E-state index is 0.371. The van der Waals surface area contributed by atoms with Crippen molar-refractivity contribution in [2.24, 2.45) is 17.1 Å². The number of anilines is 1. The average Bonchev–Trinajstić information content (AvgIpc) is 2.77. The summed E-state index contributed by atoms with van der Waals surface area (Å²) in [4.78, 5) is 2.43. The van der Waals surface area contributed by atoms with E-state index in [1.165, 1.54) is 17.7 Å². The fourth-order valence-corrected chi connectivity index (χ4v) is 2.86. The molecule has 18 heavy (non-hydrogen) atoms. The Bertz CT molecular complexity index is 423. The standard InChI is InChI=1S/C15H23ClN2/c1-15(2,3)12-6-7-18(10-12)14-8-13(16)5-4-11(14)9-17/h4-5,8,12H,6-7,9-10,17H2,1-3H3. The number of hydrogen-bond donors (Lipinski definition) is 1. The van der Waals surface area contributed by atoms with Crippen molar-refractivity contribution in [2.75, 3.05) is 18.0 Å². The lowest BCUT2D eigenvalue weighted by Gasteiger charge is -2.28. The van der Waals surface area contributed by atoms with E-state index in [0.29, 0.717) is 12.0 Å². The Kier molecular flexibility index (Phi) is 3.88. The molecular formula is C15H23ClN2. The van der Waals surface area contributed by atoms with Gasteiger partial charge in [0.15, 0.2) is 0 Å². The lowest BCUT2D eigenvalue weighted by Crippen LogP contribution is -2.26. The molecule has 0 aromatic heterocycles. The molecule has 2 rings (SSSR count). The van der Waals surface area contributed by atoms with E-state index in [4.69, 9.17) is 17.3 Å². The zero-order valence-corrected chi connectivity index (χ0v) is 12.3. The summed E-state index contributed by atoms with van der Waals surface area (Å²) < 4.78 is 0. The van der Waals surface area contributed by atoms with Crippen molar-refractivity contribution in [1.29, 1.82) is 0 Å². The first-order valence-corrected chi connectivity index (χ1v) is 7.03. The molecule has 0 radical (unpaired) electrons. The fourth-order valence-electron chi connectivity index (χ4n) is 2.69. The molecule has 0 bridgehead atoms. The summed E-state index contributed by atoms with van der Waals surface area (Å²) in [5, 5.41) is 0.793. The second-order valence-corrected chi connectivity index (χ2v) is 6.71. The van der Waals surface area contributed by atoms with Gasteiger partial charge in [-0.2, -0.15) is 0 Å². The average molecular weight is 267 g/mol. The Morgan fingerprint density at radius 2 is 2.11 bits per heavy atom. The summed E-state index contributed by atoms with van der Waals surface area (Å²) in [7, 11) is 0. The molecule has 1 heterocycles. The molecule has 0 saturated carbocycles. The quantitative estimate of drug-likeness (QED) is 0.885. The number of halogens is 1. The van der Waals surface area contributed by atoms with Crippen LogP contribution in [0.1, 0.15) is 32.8 Å². The maximum Gasteiger partial charge on any atom is 0.0426 e. The van der Waals surface area contributed by atoms with E-state index in [-0.39, 0.29) is 0 Å². The zero-order valence-electron chi connectivity index (χ0n) is 11.5. The summed E-state index contributed by atoms with van der Waals surface area (Å²) in [5.41, 5.74) is 8.60. The van der Waals surface area contributed by atoms with Gasteiger partial charge in [-0.3, -0.25) is 0 Å². The van der Waals surface area contributed by atoms with Gasteiger partial charge in [0.25, 0.3) is 0 Å². The van der Waals surface area contributed by atoms with Crippen LogP contribution in [0.2, 0.25) is 5.02 Å². The third kappa shape index (κ3) is 2.81. The molecule has 0 spiro atoms. The number of benzene rings is 1. The second-order valence-electron chi connectivity index (χ2n) is 6.27.